The van der Waals surface area contributed by atoms with Crippen LogP contribution < -0.4 is 4.72 Å². The summed E-state index contributed by atoms with van der Waals surface area (Å²) in [7, 11) is -3.80. The molecule has 2 N–H and O–H groups in total. The fourth-order valence-electron chi connectivity index (χ4n) is 1.34. The fourth-order valence-corrected chi connectivity index (χ4v) is 2.57. The average Bonchev–Trinajstić information content (AvgIpc) is 2.28. The number of aryl methyl sites for hydroxylation is 1. The summed E-state index contributed by atoms with van der Waals surface area (Å²) >= 11 is 0. The van der Waals surface area contributed by atoms with Crippen LogP contribution in [0.1, 0.15) is 18.4 Å². The van der Waals surface area contributed by atoms with E-state index in [1.807, 2.05) is 0 Å². The highest BCUT2D eigenvalue weighted by molar-refractivity contribution is 7.89. The summed E-state index contributed by atoms with van der Waals surface area (Å²) in [5.74, 6) is -0.759. The average molecular weight is 261 g/mol. The van der Waals surface area contributed by atoms with E-state index < -0.39 is 15.8 Å². The van der Waals surface area contributed by atoms with Crippen molar-refractivity contribution in [2.24, 2.45) is 0 Å². The molecule has 0 aliphatic carbocycles. The second-order valence-corrected chi connectivity index (χ2v) is 5.50. The van der Waals surface area contributed by atoms with E-state index in [0.717, 1.165) is 6.07 Å². The van der Waals surface area contributed by atoms with Gasteiger partial charge in [-0.15, -0.1) is 0 Å². The van der Waals surface area contributed by atoms with Gasteiger partial charge >= 0.3 is 0 Å². The first-order valence-corrected chi connectivity index (χ1v) is 6.82. The van der Waals surface area contributed by atoms with Crippen molar-refractivity contribution in [3.63, 3.8) is 0 Å². The van der Waals surface area contributed by atoms with Gasteiger partial charge in [-0.1, -0.05) is 6.07 Å². The molecule has 17 heavy (non-hydrogen) atoms. The number of aliphatic hydroxyl groups excluding tert-OH is 1. The van der Waals surface area contributed by atoms with E-state index in [2.05, 4.69) is 4.72 Å². The van der Waals surface area contributed by atoms with Crippen molar-refractivity contribution in [1.29, 1.82) is 0 Å². The Bertz CT molecular complexity index is 474. The van der Waals surface area contributed by atoms with Crippen molar-refractivity contribution in [2.45, 2.75) is 24.7 Å². The van der Waals surface area contributed by atoms with Gasteiger partial charge in [0.2, 0.25) is 10.0 Å². The van der Waals surface area contributed by atoms with Gasteiger partial charge in [0.15, 0.2) is 0 Å². The third kappa shape index (κ3) is 4.07. The van der Waals surface area contributed by atoms with E-state index in [4.69, 9.17) is 5.11 Å². The number of nitrogens with one attached hydrogen (secondary N) is 1. The molecule has 1 rings (SSSR count). The van der Waals surface area contributed by atoms with Crippen LogP contribution in [0.2, 0.25) is 0 Å². The van der Waals surface area contributed by atoms with Crippen LogP contribution >= 0.6 is 0 Å². The first-order chi connectivity index (χ1) is 7.97. The third-order valence-corrected chi connectivity index (χ3v) is 3.73. The van der Waals surface area contributed by atoms with E-state index >= 15 is 0 Å². The summed E-state index contributed by atoms with van der Waals surface area (Å²) in [6, 6.07) is 3.95. The van der Waals surface area contributed by atoms with Crippen LogP contribution in [-0.2, 0) is 10.0 Å². The van der Waals surface area contributed by atoms with Gasteiger partial charge in [-0.05, 0) is 37.5 Å². The zero-order chi connectivity index (χ0) is 12.9. The monoisotopic (exact) mass is 261 g/mol. The van der Waals surface area contributed by atoms with Crippen molar-refractivity contribution in [3.05, 3.63) is 29.6 Å². The van der Waals surface area contributed by atoms with Crippen LogP contribution in [0, 0.1) is 12.7 Å². The van der Waals surface area contributed by atoms with Crippen molar-refractivity contribution < 1.29 is 17.9 Å². The maximum Gasteiger partial charge on any atom is 0.243 e. The zero-order valence-electron chi connectivity index (χ0n) is 9.61. The standard InChI is InChI=1S/C11H16FNO3S/c1-9-4-5-10(12)11(8-9)17(15,16)13-6-2-3-7-14/h4-5,8,13-14H,2-3,6-7H2,1H3. The number of sulfonamides is 1. The molecule has 0 fully saturated rings. The highest BCUT2D eigenvalue weighted by Gasteiger charge is 2.18. The van der Waals surface area contributed by atoms with Crippen LogP contribution in [-0.4, -0.2) is 26.7 Å². The van der Waals surface area contributed by atoms with Crippen LogP contribution in [0.25, 0.3) is 0 Å². The lowest BCUT2D eigenvalue weighted by Crippen LogP contribution is -2.25. The molecule has 96 valence electrons. The molecule has 0 atom stereocenters. The number of aliphatic hydroxyl groups is 1. The summed E-state index contributed by atoms with van der Waals surface area (Å²) < 4.78 is 39.2. The molecule has 0 radical (unpaired) electrons. The number of halogens is 1. The minimum atomic E-state index is -3.80. The van der Waals surface area contributed by atoms with E-state index in [1.54, 1.807) is 6.92 Å². The Morgan fingerprint density at radius 1 is 1.35 bits per heavy atom. The number of hydrogen-bond donors (Lipinski definition) is 2. The lowest BCUT2D eigenvalue weighted by molar-refractivity contribution is 0.285. The first kappa shape index (κ1) is 14.1. The molecule has 0 aliphatic rings. The van der Waals surface area contributed by atoms with Crippen molar-refractivity contribution in [2.75, 3.05) is 13.2 Å². The van der Waals surface area contributed by atoms with Gasteiger partial charge in [-0.2, -0.15) is 0 Å². The number of rotatable bonds is 6. The molecule has 1 aromatic carbocycles. The van der Waals surface area contributed by atoms with Gasteiger partial charge in [0, 0.05) is 13.2 Å². The minimum Gasteiger partial charge on any atom is -0.396 e. The van der Waals surface area contributed by atoms with Crippen LogP contribution in [0.3, 0.4) is 0 Å². The van der Waals surface area contributed by atoms with Crippen molar-refractivity contribution in [1.82, 2.24) is 4.72 Å². The molecule has 6 heteroatoms. The number of unbranched alkanes of at least 4 members (excludes halogenated alkanes) is 1. The van der Waals surface area contributed by atoms with Crippen molar-refractivity contribution >= 4 is 10.0 Å². The molecule has 0 amide bonds. The molecule has 0 saturated carbocycles. The smallest absolute Gasteiger partial charge is 0.243 e. The van der Waals surface area contributed by atoms with Gasteiger partial charge in [-0.25, -0.2) is 17.5 Å². The van der Waals surface area contributed by atoms with Gasteiger partial charge < -0.3 is 5.11 Å². The Hall–Kier alpha value is -0.980. The quantitative estimate of drug-likeness (QED) is 0.756. The molecule has 0 aliphatic heterocycles. The molecule has 1 aromatic rings. The molecule has 0 bridgehead atoms. The van der Waals surface area contributed by atoms with E-state index in [9.17, 15) is 12.8 Å². The van der Waals surface area contributed by atoms with Crippen LogP contribution in [0.15, 0.2) is 23.1 Å². The van der Waals surface area contributed by atoms with E-state index in [0.29, 0.717) is 18.4 Å². The summed E-state index contributed by atoms with van der Waals surface area (Å²) in [5, 5.41) is 8.56. The third-order valence-electron chi connectivity index (χ3n) is 2.25. The topological polar surface area (TPSA) is 66.4 Å². The SMILES string of the molecule is Cc1ccc(F)c(S(=O)(=O)NCCCCO)c1. The van der Waals surface area contributed by atoms with E-state index in [1.165, 1.54) is 12.1 Å². The zero-order valence-corrected chi connectivity index (χ0v) is 10.4. The highest BCUT2D eigenvalue weighted by atomic mass is 32.2. The number of benzene rings is 1. The molecule has 0 spiro atoms. The minimum absolute atomic E-state index is 0.0144. The Morgan fingerprint density at radius 3 is 2.71 bits per heavy atom. The molecular formula is C11H16FNO3S. The molecule has 0 unspecified atom stereocenters. The Balaban J connectivity index is 2.79. The Labute approximate surface area is 101 Å². The lowest BCUT2D eigenvalue weighted by Gasteiger charge is -2.08. The Morgan fingerprint density at radius 2 is 2.06 bits per heavy atom. The Kier molecular flexibility index (Phi) is 5.04. The second-order valence-electron chi connectivity index (χ2n) is 3.76. The summed E-state index contributed by atoms with van der Waals surface area (Å²) in [6.45, 7) is 1.90. The molecule has 0 aromatic heterocycles. The second kappa shape index (κ2) is 6.09. The van der Waals surface area contributed by atoms with Gasteiger partial charge in [0.05, 0.1) is 0 Å². The number of hydrogen-bond acceptors (Lipinski definition) is 3. The first-order valence-electron chi connectivity index (χ1n) is 5.34. The molecule has 4 nitrogen and oxygen atoms in total. The summed E-state index contributed by atoms with van der Waals surface area (Å²) in [4.78, 5) is -0.332. The molecule has 0 saturated heterocycles. The molecular weight excluding hydrogens is 245 g/mol. The highest BCUT2D eigenvalue weighted by Crippen LogP contribution is 2.15. The normalized spacial score (nSPS) is 11.7. The maximum atomic E-state index is 13.4. The summed E-state index contributed by atoms with van der Waals surface area (Å²) in [6.07, 6.45) is 1.03. The fraction of sp³-hybridized carbons (Fsp3) is 0.455. The molecule has 0 heterocycles. The van der Waals surface area contributed by atoms with E-state index in [-0.39, 0.29) is 18.0 Å². The largest absolute Gasteiger partial charge is 0.396 e. The summed E-state index contributed by atoms with van der Waals surface area (Å²) in [5.41, 5.74) is 0.683. The van der Waals surface area contributed by atoms with Gasteiger partial charge in [0.25, 0.3) is 0 Å². The van der Waals surface area contributed by atoms with Crippen LogP contribution in [0.4, 0.5) is 4.39 Å². The van der Waals surface area contributed by atoms with Crippen LogP contribution in [0.5, 0.6) is 0 Å². The predicted molar refractivity (Wildman–Crippen MR) is 62.6 cm³/mol. The maximum absolute atomic E-state index is 13.4. The predicted octanol–water partition coefficient (Wildman–Crippen LogP) is 1.18. The van der Waals surface area contributed by atoms with Gasteiger partial charge in [-0.3, -0.25) is 0 Å². The van der Waals surface area contributed by atoms with Gasteiger partial charge in [0.1, 0.15) is 10.7 Å². The lowest BCUT2D eigenvalue weighted by atomic mass is 10.2. The van der Waals surface area contributed by atoms with Crippen molar-refractivity contribution in [3.8, 4) is 0 Å².